The summed E-state index contributed by atoms with van der Waals surface area (Å²) < 4.78 is 3.01. The third-order valence-corrected chi connectivity index (χ3v) is 5.06. The minimum Gasteiger partial charge on any atom is -0.308 e. The number of nitrogens with one attached hydrogen (secondary N) is 1. The molecule has 0 bridgehead atoms. The largest absolute Gasteiger partial charge is 0.308 e. The lowest BCUT2D eigenvalue weighted by atomic mass is 10.2. The maximum Gasteiger partial charge on any atom is 0.280 e. The number of benzene rings is 2. The molecule has 2 aromatic carbocycles. The SMILES string of the molecule is Cc1c2c(=O)n(-c3ccc(Cl)cc3)[nH]c2cc(=O)n1Cc1ccc(Cl)cc1. The lowest BCUT2D eigenvalue weighted by Gasteiger charge is -2.10. The molecule has 0 aliphatic rings. The molecule has 0 unspecified atom stereocenters. The number of hydrogen-bond donors (Lipinski definition) is 1. The van der Waals surface area contributed by atoms with Gasteiger partial charge in [-0.3, -0.25) is 14.7 Å². The zero-order valence-corrected chi connectivity index (χ0v) is 15.9. The first-order valence-electron chi connectivity index (χ1n) is 8.29. The lowest BCUT2D eigenvalue weighted by Crippen LogP contribution is -2.23. The van der Waals surface area contributed by atoms with Gasteiger partial charge in [-0.15, -0.1) is 0 Å². The minimum atomic E-state index is -0.213. The summed E-state index contributed by atoms with van der Waals surface area (Å²) in [6.07, 6.45) is 0. The highest BCUT2D eigenvalue weighted by atomic mass is 35.5. The fraction of sp³-hybridized carbons (Fsp3) is 0.100. The number of aryl methyl sites for hydroxylation is 1. The molecule has 2 aromatic heterocycles. The predicted molar refractivity (Wildman–Crippen MR) is 108 cm³/mol. The summed E-state index contributed by atoms with van der Waals surface area (Å²) in [5.74, 6) is 0. The van der Waals surface area contributed by atoms with Gasteiger partial charge in [-0.25, -0.2) is 4.68 Å². The van der Waals surface area contributed by atoms with Crippen molar-refractivity contribution in [3.8, 4) is 5.69 Å². The highest BCUT2D eigenvalue weighted by Crippen LogP contribution is 2.17. The van der Waals surface area contributed by atoms with E-state index in [-0.39, 0.29) is 11.1 Å². The van der Waals surface area contributed by atoms with Gasteiger partial charge < -0.3 is 4.57 Å². The van der Waals surface area contributed by atoms with Gasteiger partial charge >= 0.3 is 0 Å². The zero-order valence-electron chi connectivity index (χ0n) is 14.4. The summed E-state index contributed by atoms with van der Waals surface area (Å²) in [7, 11) is 0. The van der Waals surface area contributed by atoms with Gasteiger partial charge in [0, 0.05) is 21.8 Å². The molecule has 0 saturated heterocycles. The van der Waals surface area contributed by atoms with Crippen LogP contribution >= 0.6 is 23.2 Å². The van der Waals surface area contributed by atoms with E-state index >= 15 is 0 Å². The Morgan fingerprint density at radius 1 is 0.926 bits per heavy atom. The molecule has 2 heterocycles. The van der Waals surface area contributed by atoms with Crippen LogP contribution in [0.4, 0.5) is 0 Å². The van der Waals surface area contributed by atoms with Crippen molar-refractivity contribution in [2.24, 2.45) is 0 Å². The van der Waals surface area contributed by atoms with Crippen LogP contribution in [0.25, 0.3) is 16.6 Å². The topological polar surface area (TPSA) is 59.8 Å². The second-order valence-electron chi connectivity index (χ2n) is 6.30. The van der Waals surface area contributed by atoms with Crippen LogP contribution in [0.2, 0.25) is 10.0 Å². The van der Waals surface area contributed by atoms with Crippen molar-refractivity contribution in [2.75, 3.05) is 0 Å². The number of aromatic nitrogens is 3. The quantitative estimate of drug-likeness (QED) is 0.562. The average Bonchev–Trinajstić information content (AvgIpc) is 2.97. The molecule has 7 heteroatoms. The van der Waals surface area contributed by atoms with E-state index in [0.717, 1.165) is 5.56 Å². The van der Waals surface area contributed by atoms with Gasteiger partial charge in [0.1, 0.15) is 0 Å². The fourth-order valence-electron chi connectivity index (χ4n) is 3.15. The molecule has 0 aliphatic heterocycles. The van der Waals surface area contributed by atoms with Crippen LogP contribution < -0.4 is 11.1 Å². The predicted octanol–water partition coefficient (Wildman–Crippen LogP) is 4.14. The van der Waals surface area contributed by atoms with Crippen LogP contribution in [0.1, 0.15) is 11.3 Å². The van der Waals surface area contributed by atoms with Crippen LogP contribution in [0.3, 0.4) is 0 Å². The first-order valence-corrected chi connectivity index (χ1v) is 9.05. The van der Waals surface area contributed by atoms with Gasteiger partial charge in [0.15, 0.2) is 0 Å². The molecule has 0 amide bonds. The van der Waals surface area contributed by atoms with E-state index in [4.69, 9.17) is 23.2 Å². The Balaban J connectivity index is 1.87. The molecule has 0 aliphatic carbocycles. The number of nitrogens with zero attached hydrogens (tertiary/aromatic N) is 2. The third kappa shape index (κ3) is 3.20. The summed E-state index contributed by atoms with van der Waals surface area (Å²) >= 11 is 11.8. The average molecular weight is 400 g/mol. The number of aromatic amines is 1. The number of rotatable bonds is 3. The zero-order chi connectivity index (χ0) is 19.1. The second kappa shape index (κ2) is 6.76. The Morgan fingerprint density at radius 3 is 2.15 bits per heavy atom. The summed E-state index contributed by atoms with van der Waals surface area (Å²) in [5, 5.41) is 4.71. The molecule has 0 fully saturated rings. The number of hydrogen-bond acceptors (Lipinski definition) is 2. The van der Waals surface area contributed by atoms with E-state index in [2.05, 4.69) is 5.10 Å². The Bertz CT molecular complexity index is 1250. The van der Waals surface area contributed by atoms with E-state index in [1.165, 1.54) is 10.7 Å². The Kier molecular flexibility index (Phi) is 4.42. The van der Waals surface area contributed by atoms with Crippen LogP contribution in [-0.4, -0.2) is 14.3 Å². The first kappa shape index (κ1) is 17.6. The molecule has 136 valence electrons. The van der Waals surface area contributed by atoms with Gasteiger partial charge in [0.05, 0.1) is 23.1 Å². The van der Waals surface area contributed by atoms with Crippen LogP contribution in [0, 0.1) is 6.92 Å². The minimum absolute atomic E-state index is 0.181. The summed E-state index contributed by atoms with van der Waals surface area (Å²) in [4.78, 5) is 25.6. The Morgan fingerprint density at radius 2 is 1.52 bits per heavy atom. The van der Waals surface area contributed by atoms with Crippen molar-refractivity contribution in [3.05, 3.63) is 96.6 Å². The molecule has 4 aromatic rings. The van der Waals surface area contributed by atoms with Gasteiger partial charge in [-0.05, 0) is 48.9 Å². The van der Waals surface area contributed by atoms with Crippen molar-refractivity contribution in [2.45, 2.75) is 13.5 Å². The van der Waals surface area contributed by atoms with Crippen molar-refractivity contribution >= 4 is 34.1 Å². The number of halogens is 2. The molecular weight excluding hydrogens is 385 g/mol. The van der Waals surface area contributed by atoms with E-state index in [0.29, 0.717) is 38.9 Å². The second-order valence-corrected chi connectivity index (χ2v) is 7.17. The summed E-state index contributed by atoms with van der Waals surface area (Å²) in [5.41, 5.74) is 2.30. The van der Waals surface area contributed by atoms with Crippen LogP contribution in [0.15, 0.2) is 64.2 Å². The smallest absolute Gasteiger partial charge is 0.280 e. The molecule has 0 atom stereocenters. The number of H-pyrrole nitrogens is 1. The standard InChI is InChI=1S/C20H15Cl2N3O2/c1-12-19-17(23-25(20(19)27)16-8-6-15(22)7-9-16)10-18(26)24(12)11-13-2-4-14(21)5-3-13/h2-10,23H,11H2,1H3. The Labute approximate surface area is 164 Å². The van der Waals surface area contributed by atoms with Gasteiger partial charge in [0.2, 0.25) is 0 Å². The molecular formula is C20H15Cl2N3O2. The summed E-state index contributed by atoms with van der Waals surface area (Å²) in [6, 6.07) is 15.6. The molecule has 0 radical (unpaired) electrons. The normalized spacial score (nSPS) is 11.2. The van der Waals surface area contributed by atoms with Crippen LogP contribution in [0.5, 0.6) is 0 Å². The van der Waals surface area contributed by atoms with Crippen molar-refractivity contribution in [1.29, 1.82) is 0 Å². The molecule has 0 saturated carbocycles. The van der Waals surface area contributed by atoms with Gasteiger partial charge in [0.25, 0.3) is 11.1 Å². The number of pyridine rings is 1. The van der Waals surface area contributed by atoms with E-state index in [1.807, 2.05) is 12.1 Å². The molecule has 27 heavy (non-hydrogen) atoms. The number of fused-ring (bicyclic) bond motifs is 1. The lowest BCUT2D eigenvalue weighted by molar-refractivity contribution is 0.738. The van der Waals surface area contributed by atoms with E-state index in [9.17, 15) is 9.59 Å². The molecule has 0 spiro atoms. The summed E-state index contributed by atoms with van der Waals surface area (Å²) in [6.45, 7) is 2.14. The van der Waals surface area contributed by atoms with Crippen molar-refractivity contribution < 1.29 is 0 Å². The highest BCUT2D eigenvalue weighted by molar-refractivity contribution is 6.30. The third-order valence-electron chi connectivity index (χ3n) is 4.56. The first-order chi connectivity index (χ1) is 12.9. The van der Waals surface area contributed by atoms with E-state index in [1.54, 1.807) is 47.9 Å². The maximum absolute atomic E-state index is 13.0. The monoisotopic (exact) mass is 399 g/mol. The highest BCUT2D eigenvalue weighted by Gasteiger charge is 2.15. The van der Waals surface area contributed by atoms with Crippen molar-refractivity contribution in [1.82, 2.24) is 14.3 Å². The molecule has 4 rings (SSSR count). The Hall–Kier alpha value is -2.76. The van der Waals surface area contributed by atoms with Gasteiger partial charge in [-0.1, -0.05) is 35.3 Å². The van der Waals surface area contributed by atoms with Crippen molar-refractivity contribution in [3.63, 3.8) is 0 Å². The maximum atomic E-state index is 13.0. The molecule has 5 nitrogen and oxygen atoms in total. The van der Waals surface area contributed by atoms with E-state index < -0.39 is 0 Å². The molecule has 1 N–H and O–H groups in total. The fourth-order valence-corrected chi connectivity index (χ4v) is 3.40. The van der Waals surface area contributed by atoms with Crippen LogP contribution in [-0.2, 0) is 6.54 Å². The van der Waals surface area contributed by atoms with Gasteiger partial charge in [-0.2, -0.15) is 0 Å².